The van der Waals surface area contributed by atoms with Crippen LogP contribution in [-0.4, -0.2) is 18.0 Å². The molecule has 0 aliphatic carbocycles. The third kappa shape index (κ3) is 2.60. The van der Waals surface area contributed by atoms with Gasteiger partial charge in [-0.1, -0.05) is 25.0 Å². The first kappa shape index (κ1) is 12.2. The molecule has 0 spiro atoms. The van der Waals surface area contributed by atoms with Crippen molar-refractivity contribution in [2.45, 2.75) is 39.2 Å². The third-order valence-electron chi connectivity index (χ3n) is 3.90. The van der Waals surface area contributed by atoms with Crippen LogP contribution in [0.2, 0.25) is 0 Å². The number of likely N-dealkylation sites (tertiary alicyclic amines) is 1. The normalized spacial score (nSPS) is 18.1. The van der Waals surface area contributed by atoms with Gasteiger partial charge in [-0.3, -0.25) is 4.90 Å². The highest BCUT2D eigenvalue weighted by atomic mass is 32.1. The Morgan fingerprint density at radius 3 is 2.67 bits per heavy atom. The lowest BCUT2D eigenvalue weighted by Crippen LogP contribution is -2.23. The van der Waals surface area contributed by atoms with E-state index < -0.39 is 0 Å². The zero-order valence-corrected chi connectivity index (χ0v) is 11.9. The molecule has 2 heteroatoms. The average Bonchev–Trinajstić information content (AvgIpc) is 2.59. The van der Waals surface area contributed by atoms with E-state index in [4.69, 9.17) is 0 Å². The molecule has 1 aliphatic rings. The van der Waals surface area contributed by atoms with Crippen LogP contribution in [0.4, 0.5) is 0 Å². The second-order valence-corrected chi connectivity index (χ2v) is 6.36. The quantitative estimate of drug-likeness (QED) is 0.762. The maximum absolute atomic E-state index is 2.63. The number of fused-ring (bicyclic) bond motifs is 1. The number of hydrogen-bond donors (Lipinski definition) is 0. The summed E-state index contributed by atoms with van der Waals surface area (Å²) in [6, 6.07) is 6.85. The molecule has 0 radical (unpaired) electrons. The van der Waals surface area contributed by atoms with E-state index in [1.807, 2.05) is 11.3 Å². The first-order chi connectivity index (χ1) is 8.83. The molecule has 0 unspecified atom stereocenters. The Labute approximate surface area is 113 Å². The average molecular weight is 259 g/mol. The fourth-order valence-corrected chi connectivity index (χ4v) is 3.90. The van der Waals surface area contributed by atoms with E-state index >= 15 is 0 Å². The highest BCUT2D eigenvalue weighted by Gasteiger charge is 2.12. The van der Waals surface area contributed by atoms with Crippen molar-refractivity contribution in [2.75, 3.05) is 13.1 Å². The summed E-state index contributed by atoms with van der Waals surface area (Å²) in [6.07, 6.45) is 5.59. The maximum Gasteiger partial charge on any atom is 0.0348 e. The topological polar surface area (TPSA) is 3.24 Å². The fraction of sp³-hybridized carbons (Fsp3) is 0.500. The van der Waals surface area contributed by atoms with Crippen LogP contribution < -0.4 is 0 Å². The summed E-state index contributed by atoms with van der Waals surface area (Å²) < 4.78 is 1.44. The SMILES string of the molecule is Cc1ccc2c(CN3CCCCCC3)csc2c1. The molecule has 1 fully saturated rings. The second kappa shape index (κ2) is 5.41. The van der Waals surface area contributed by atoms with Gasteiger partial charge in [-0.2, -0.15) is 0 Å². The molecule has 0 saturated carbocycles. The minimum Gasteiger partial charge on any atom is -0.299 e. The van der Waals surface area contributed by atoms with Crippen LogP contribution in [0.25, 0.3) is 10.1 Å². The van der Waals surface area contributed by atoms with E-state index in [1.165, 1.54) is 60.0 Å². The van der Waals surface area contributed by atoms with Gasteiger partial charge in [0.2, 0.25) is 0 Å². The van der Waals surface area contributed by atoms with Gasteiger partial charge in [-0.25, -0.2) is 0 Å². The van der Waals surface area contributed by atoms with Gasteiger partial charge >= 0.3 is 0 Å². The van der Waals surface area contributed by atoms with Gasteiger partial charge in [0.1, 0.15) is 0 Å². The van der Waals surface area contributed by atoms with E-state index in [0.29, 0.717) is 0 Å². The van der Waals surface area contributed by atoms with Crippen LogP contribution in [0.1, 0.15) is 36.8 Å². The first-order valence-electron chi connectivity index (χ1n) is 7.02. The largest absolute Gasteiger partial charge is 0.299 e. The summed E-state index contributed by atoms with van der Waals surface area (Å²) in [5, 5.41) is 3.82. The predicted molar refractivity (Wildman–Crippen MR) is 80.3 cm³/mol. The van der Waals surface area contributed by atoms with Gasteiger partial charge in [0.25, 0.3) is 0 Å². The van der Waals surface area contributed by atoms with Crippen LogP contribution >= 0.6 is 11.3 Å². The van der Waals surface area contributed by atoms with Crippen LogP contribution in [0.15, 0.2) is 23.6 Å². The molecule has 96 valence electrons. The molecule has 0 atom stereocenters. The van der Waals surface area contributed by atoms with Crippen molar-refractivity contribution < 1.29 is 0 Å². The zero-order chi connectivity index (χ0) is 12.4. The molecule has 18 heavy (non-hydrogen) atoms. The predicted octanol–water partition coefficient (Wildman–Crippen LogP) is 4.59. The minimum absolute atomic E-state index is 1.14. The number of hydrogen-bond acceptors (Lipinski definition) is 2. The molecule has 2 heterocycles. The number of nitrogens with zero attached hydrogens (tertiary/aromatic N) is 1. The highest BCUT2D eigenvalue weighted by Crippen LogP contribution is 2.28. The Balaban J connectivity index is 1.81. The molecular formula is C16H21NS. The first-order valence-corrected chi connectivity index (χ1v) is 7.90. The molecule has 0 bridgehead atoms. The van der Waals surface area contributed by atoms with Gasteiger partial charge in [0, 0.05) is 11.2 Å². The molecule has 1 saturated heterocycles. The Morgan fingerprint density at radius 1 is 1.11 bits per heavy atom. The lowest BCUT2D eigenvalue weighted by molar-refractivity contribution is 0.278. The van der Waals surface area contributed by atoms with E-state index in [0.717, 1.165) is 6.54 Å². The Morgan fingerprint density at radius 2 is 1.89 bits per heavy atom. The van der Waals surface area contributed by atoms with Crippen molar-refractivity contribution in [3.8, 4) is 0 Å². The van der Waals surface area contributed by atoms with Crippen molar-refractivity contribution in [1.29, 1.82) is 0 Å². The summed E-state index contributed by atoms with van der Waals surface area (Å²) in [6.45, 7) is 5.88. The zero-order valence-electron chi connectivity index (χ0n) is 11.1. The number of aryl methyl sites for hydroxylation is 1. The molecule has 1 aromatic heterocycles. The van der Waals surface area contributed by atoms with E-state index in [-0.39, 0.29) is 0 Å². The lowest BCUT2D eigenvalue weighted by atomic mass is 10.1. The van der Waals surface area contributed by atoms with E-state index in [9.17, 15) is 0 Å². The van der Waals surface area contributed by atoms with Crippen LogP contribution in [0.5, 0.6) is 0 Å². The van der Waals surface area contributed by atoms with Crippen LogP contribution in [0.3, 0.4) is 0 Å². The van der Waals surface area contributed by atoms with Gasteiger partial charge in [-0.15, -0.1) is 11.3 Å². The summed E-state index contributed by atoms with van der Waals surface area (Å²) >= 11 is 1.90. The summed E-state index contributed by atoms with van der Waals surface area (Å²) in [4.78, 5) is 2.63. The summed E-state index contributed by atoms with van der Waals surface area (Å²) in [5.74, 6) is 0. The van der Waals surface area contributed by atoms with Crippen LogP contribution in [-0.2, 0) is 6.54 Å². The molecule has 1 aliphatic heterocycles. The summed E-state index contributed by atoms with van der Waals surface area (Å²) in [5.41, 5.74) is 2.89. The Kier molecular flexibility index (Phi) is 3.67. The second-order valence-electron chi connectivity index (χ2n) is 5.45. The van der Waals surface area contributed by atoms with E-state index in [2.05, 4.69) is 35.4 Å². The Bertz CT molecular complexity index is 521. The smallest absolute Gasteiger partial charge is 0.0348 e. The van der Waals surface area contributed by atoms with Crippen molar-refractivity contribution in [1.82, 2.24) is 4.90 Å². The number of rotatable bonds is 2. The van der Waals surface area contributed by atoms with Crippen LogP contribution in [0, 0.1) is 6.92 Å². The van der Waals surface area contributed by atoms with Gasteiger partial charge < -0.3 is 0 Å². The van der Waals surface area contributed by atoms with Gasteiger partial charge in [0.05, 0.1) is 0 Å². The van der Waals surface area contributed by atoms with Crippen molar-refractivity contribution in [3.05, 3.63) is 34.7 Å². The molecule has 0 N–H and O–H groups in total. The maximum atomic E-state index is 2.63. The fourth-order valence-electron chi connectivity index (χ4n) is 2.85. The van der Waals surface area contributed by atoms with Gasteiger partial charge in [0.15, 0.2) is 0 Å². The lowest BCUT2D eigenvalue weighted by Gasteiger charge is -2.19. The molecule has 2 aromatic rings. The molecule has 1 nitrogen and oxygen atoms in total. The highest BCUT2D eigenvalue weighted by molar-refractivity contribution is 7.17. The van der Waals surface area contributed by atoms with E-state index in [1.54, 1.807) is 0 Å². The van der Waals surface area contributed by atoms with Crippen molar-refractivity contribution in [2.24, 2.45) is 0 Å². The number of thiophene rings is 1. The molecule has 0 amide bonds. The van der Waals surface area contributed by atoms with Crippen molar-refractivity contribution in [3.63, 3.8) is 0 Å². The minimum atomic E-state index is 1.14. The standard InChI is InChI=1S/C16H21NS/c1-13-6-7-15-14(12-18-16(15)10-13)11-17-8-4-2-3-5-9-17/h6-7,10,12H,2-5,8-9,11H2,1H3. The third-order valence-corrected chi connectivity index (χ3v) is 4.90. The Hall–Kier alpha value is -0.860. The molecule has 3 rings (SSSR count). The van der Waals surface area contributed by atoms with Crippen molar-refractivity contribution >= 4 is 21.4 Å². The summed E-state index contributed by atoms with van der Waals surface area (Å²) in [7, 11) is 0. The van der Waals surface area contributed by atoms with Gasteiger partial charge in [-0.05, 0) is 60.8 Å². The molecular weight excluding hydrogens is 238 g/mol. The monoisotopic (exact) mass is 259 g/mol. The number of benzene rings is 1. The molecule has 1 aromatic carbocycles.